The van der Waals surface area contributed by atoms with Gasteiger partial charge in [-0.1, -0.05) is 13.5 Å². The van der Waals surface area contributed by atoms with Gasteiger partial charge in [-0.2, -0.15) is 0 Å². The lowest BCUT2D eigenvalue weighted by Crippen LogP contribution is -2.52. The predicted octanol–water partition coefficient (Wildman–Crippen LogP) is 3.08. The van der Waals surface area contributed by atoms with E-state index in [1.807, 2.05) is 24.0 Å². The minimum atomic E-state index is -0.633. The molecule has 0 radical (unpaired) electrons. The van der Waals surface area contributed by atoms with Gasteiger partial charge in [-0.05, 0) is 75.9 Å². The zero-order valence-electron chi connectivity index (χ0n) is 25.7. The fourth-order valence-electron chi connectivity index (χ4n) is 6.52. The Hall–Kier alpha value is -3.70. The molecular weight excluding hydrogens is 542 g/mol. The van der Waals surface area contributed by atoms with Gasteiger partial charge < -0.3 is 31.1 Å². The highest BCUT2D eigenvalue weighted by Gasteiger charge is 2.28. The van der Waals surface area contributed by atoms with Crippen molar-refractivity contribution in [1.29, 1.82) is 0 Å². The summed E-state index contributed by atoms with van der Waals surface area (Å²) in [7, 11) is 2.20. The van der Waals surface area contributed by atoms with Crippen LogP contribution in [-0.2, 0) is 11.2 Å². The molecule has 1 atom stereocenters. The van der Waals surface area contributed by atoms with Crippen LogP contribution in [0.1, 0.15) is 55.2 Å². The summed E-state index contributed by atoms with van der Waals surface area (Å²) in [6.07, 6.45) is 7.29. The molecule has 1 aromatic carbocycles. The first kappa shape index (κ1) is 30.7. The fourth-order valence-corrected chi connectivity index (χ4v) is 6.52. The monoisotopic (exact) mass is 589 g/mol. The summed E-state index contributed by atoms with van der Waals surface area (Å²) in [6.45, 7) is 13.6. The number of piperazine rings is 1. The standard InChI is InChI=1S/C32H47N9O2/c1-4-27-31(34-22-26-8-6-7-15-41(26)28(42)5-2)37-32(29(36-27)30(33)43)35-23-9-11-24(12-10-23)39-16-13-25(14-17-39)40-20-18-38(3)19-21-40/h5,9-12,25-26H,2,4,6-8,13-22H2,1,3H3,(H2,33,43)(H2,34,35,37)/t26-/m1/s1. The normalized spacial score (nSPS) is 20.6. The van der Waals surface area contributed by atoms with Crippen molar-refractivity contribution in [2.24, 2.45) is 5.73 Å². The number of piperidine rings is 2. The average molecular weight is 590 g/mol. The summed E-state index contributed by atoms with van der Waals surface area (Å²) >= 11 is 0. The molecule has 3 saturated heterocycles. The highest BCUT2D eigenvalue weighted by atomic mass is 16.2. The van der Waals surface area contributed by atoms with Crippen molar-refractivity contribution in [1.82, 2.24) is 24.7 Å². The Morgan fingerprint density at radius 3 is 2.35 bits per heavy atom. The second-order valence-electron chi connectivity index (χ2n) is 11.9. The van der Waals surface area contributed by atoms with E-state index in [-0.39, 0.29) is 17.6 Å². The van der Waals surface area contributed by atoms with Crippen LogP contribution >= 0.6 is 0 Å². The predicted molar refractivity (Wildman–Crippen MR) is 172 cm³/mol. The SMILES string of the molecule is C=CC(=O)N1CCCC[C@@H]1CNc1nc(Nc2ccc(N3CCC(N4CCN(C)CC4)CC3)cc2)c(C(N)=O)nc1CC. The van der Waals surface area contributed by atoms with Crippen LogP contribution in [0.25, 0.3) is 0 Å². The lowest BCUT2D eigenvalue weighted by molar-refractivity contribution is -0.129. The molecule has 0 spiro atoms. The number of aryl methyl sites for hydroxylation is 1. The molecule has 5 rings (SSSR count). The number of carbonyl (C=O) groups excluding carboxylic acids is 2. The quantitative estimate of drug-likeness (QED) is 0.359. The third-order valence-electron chi connectivity index (χ3n) is 9.14. The summed E-state index contributed by atoms with van der Waals surface area (Å²) in [5.74, 6) is 0.218. The van der Waals surface area contributed by atoms with Crippen LogP contribution in [0.5, 0.6) is 0 Å². The topological polar surface area (TPSA) is 123 Å². The molecule has 232 valence electrons. The van der Waals surface area contributed by atoms with E-state index in [0.29, 0.717) is 36.3 Å². The average Bonchev–Trinajstić information content (AvgIpc) is 3.04. The number of nitrogens with two attached hydrogens (primary N) is 1. The zero-order valence-corrected chi connectivity index (χ0v) is 25.7. The summed E-state index contributed by atoms with van der Waals surface area (Å²) < 4.78 is 0. The van der Waals surface area contributed by atoms with Crippen molar-refractivity contribution in [3.63, 3.8) is 0 Å². The third kappa shape index (κ3) is 7.45. The van der Waals surface area contributed by atoms with Gasteiger partial charge in [0, 0.05) is 75.8 Å². The van der Waals surface area contributed by atoms with Crippen molar-refractivity contribution in [2.45, 2.75) is 57.5 Å². The van der Waals surface area contributed by atoms with Crippen molar-refractivity contribution in [3.8, 4) is 0 Å². The first-order chi connectivity index (χ1) is 20.9. The molecule has 4 N–H and O–H groups in total. The van der Waals surface area contributed by atoms with Crippen LogP contribution < -0.4 is 21.3 Å². The smallest absolute Gasteiger partial charge is 0.271 e. The summed E-state index contributed by atoms with van der Waals surface area (Å²) in [4.78, 5) is 43.5. The number of benzene rings is 1. The number of likely N-dealkylation sites (tertiary alicyclic amines) is 1. The van der Waals surface area contributed by atoms with E-state index >= 15 is 0 Å². The maximum atomic E-state index is 12.4. The van der Waals surface area contributed by atoms with E-state index in [1.54, 1.807) is 0 Å². The highest BCUT2D eigenvalue weighted by Crippen LogP contribution is 2.28. The molecule has 0 aliphatic carbocycles. The Kier molecular flexibility index (Phi) is 10.1. The molecule has 3 aliphatic heterocycles. The maximum absolute atomic E-state index is 12.4. The molecule has 3 aliphatic rings. The number of hydrogen-bond acceptors (Lipinski definition) is 9. The van der Waals surface area contributed by atoms with Gasteiger partial charge in [-0.3, -0.25) is 14.5 Å². The number of likely N-dealkylation sites (N-methyl/N-ethyl adjacent to an activating group) is 1. The van der Waals surface area contributed by atoms with E-state index in [4.69, 9.17) is 10.7 Å². The molecule has 4 heterocycles. The molecular formula is C32H47N9O2. The van der Waals surface area contributed by atoms with Gasteiger partial charge in [-0.25, -0.2) is 9.97 Å². The minimum absolute atomic E-state index is 0.0390. The van der Waals surface area contributed by atoms with Crippen LogP contribution in [0.2, 0.25) is 0 Å². The Labute approximate surface area is 255 Å². The number of hydrogen-bond donors (Lipinski definition) is 3. The van der Waals surface area contributed by atoms with Crippen molar-refractivity contribution in [3.05, 3.63) is 48.3 Å². The molecule has 43 heavy (non-hydrogen) atoms. The van der Waals surface area contributed by atoms with Gasteiger partial charge in [-0.15, -0.1) is 0 Å². The van der Waals surface area contributed by atoms with Crippen LogP contribution in [-0.4, -0.2) is 108 Å². The third-order valence-corrected chi connectivity index (χ3v) is 9.14. The number of nitrogens with one attached hydrogen (secondary N) is 2. The van der Waals surface area contributed by atoms with Gasteiger partial charge in [0.2, 0.25) is 5.91 Å². The number of amides is 2. The molecule has 11 heteroatoms. The Balaban J connectivity index is 1.24. The van der Waals surface area contributed by atoms with E-state index in [9.17, 15) is 9.59 Å². The van der Waals surface area contributed by atoms with Gasteiger partial charge in [0.1, 0.15) is 5.82 Å². The first-order valence-corrected chi connectivity index (χ1v) is 15.8. The maximum Gasteiger partial charge on any atom is 0.271 e. The Morgan fingerprint density at radius 2 is 1.70 bits per heavy atom. The number of anilines is 4. The zero-order chi connectivity index (χ0) is 30.3. The highest BCUT2D eigenvalue weighted by molar-refractivity contribution is 5.96. The summed E-state index contributed by atoms with van der Waals surface area (Å²) in [5, 5.41) is 6.69. The second-order valence-corrected chi connectivity index (χ2v) is 11.9. The van der Waals surface area contributed by atoms with E-state index in [0.717, 1.165) is 57.7 Å². The number of nitrogens with zero attached hydrogens (tertiary/aromatic N) is 6. The number of aromatic nitrogens is 2. The second kappa shape index (κ2) is 14.2. The molecule has 1 aromatic heterocycles. The van der Waals surface area contributed by atoms with Gasteiger partial charge in [0.25, 0.3) is 5.91 Å². The van der Waals surface area contributed by atoms with E-state index < -0.39 is 5.91 Å². The Morgan fingerprint density at radius 1 is 0.977 bits per heavy atom. The van der Waals surface area contributed by atoms with Crippen LogP contribution in [0.3, 0.4) is 0 Å². The van der Waals surface area contributed by atoms with Crippen LogP contribution in [0.15, 0.2) is 36.9 Å². The fraction of sp³-hybridized carbons (Fsp3) is 0.562. The summed E-state index contributed by atoms with van der Waals surface area (Å²) in [6, 6.07) is 8.96. The van der Waals surface area contributed by atoms with Gasteiger partial charge in [0.05, 0.1) is 5.69 Å². The van der Waals surface area contributed by atoms with Crippen LogP contribution in [0.4, 0.5) is 23.0 Å². The van der Waals surface area contributed by atoms with E-state index in [2.05, 4.69) is 56.1 Å². The molecule has 11 nitrogen and oxygen atoms in total. The lowest BCUT2D eigenvalue weighted by atomic mass is 10.0. The summed E-state index contributed by atoms with van der Waals surface area (Å²) in [5.41, 5.74) is 8.49. The minimum Gasteiger partial charge on any atom is -0.371 e. The van der Waals surface area contributed by atoms with Crippen molar-refractivity contribution >= 4 is 34.8 Å². The molecule has 0 unspecified atom stereocenters. The molecule has 0 bridgehead atoms. The molecule has 2 amide bonds. The lowest BCUT2D eigenvalue weighted by Gasteiger charge is -2.42. The first-order valence-electron chi connectivity index (χ1n) is 15.8. The van der Waals surface area contributed by atoms with Gasteiger partial charge >= 0.3 is 0 Å². The van der Waals surface area contributed by atoms with Gasteiger partial charge in [0.15, 0.2) is 11.5 Å². The van der Waals surface area contributed by atoms with E-state index in [1.165, 1.54) is 37.7 Å². The number of primary amides is 1. The largest absolute Gasteiger partial charge is 0.371 e. The van der Waals surface area contributed by atoms with Crippen molar-refractivity contribution < 1.29 is 9.59 Å². The number of rotatable bonds is 10. The number of carbonyl (C=O) groups is 2. The molecule has 3 fully saturated rings. The van der Waals surface area contributed by atoms with Crippen molar-refractivity contribution in [2.75, 3.05) is 74.9 Å². The Bertz CT molecular complexity index is 1270. The van der Waals surface area contributed by atoms with Crippen LogP contribution in [0, 0.1) is 0 Å². The molecule has 0 saturated carbocycles. The molecule has 2 aromatic rings.